The lowest BCUT2D eigenvalue weighted by molar-refractivity contribution is -0.153. The van der Waals surface area contributed by atoms with Crippen molar-refractivity contribution in [1.29, 1.82) is 0 Å². The number of carbonyl (C=O) groups excluding carboxylic acids is 3. The Hall–Kier alpha value is -2.92. The Morgan fingerprint density at radius 1 is 1.14 bits per heavy atom. The molecule has 1 saturated carbocycles. The van der Waals surface area contributed by atoms with Crippen LogP contribution >= 0.6 is 11.6 Å². The van der Waals surface area contributed by atoms with Gasteiger partial charge >= 0.3 is 0 Å². The van der Waals surface area contributed by atoms with Crippen LogP contribution in [0.1, 0.15) is 71.1 Å². The molecule has 3 aliphatic rings. The van der Waals surface area contributed by atoms with Gasteiger partial charge in [-0.3, -0.25) is 24.2 Å². The van der Waals surface area contributed by atoms with E-state index in [1.807, 2.05) is 0 Å². The predicted molar refractivity (Wildman–Crippen MR) is 163 cm³/mol. The number of aliphatic hydroxyl groups is 3. The lowest BCUT2D eigenvalue weighted by Gasteiger charge is -2.50. The Labute approximate surface area is 257 Å². The van der Waals surface area contributed by atoms with Crippen LogP contribution in [0.5, 0.6) is 5.75 Å². The number of nitrogens with zero attached hydrogens (tertiary/aromatic N) is 2. The summed E-state index contributed by atoms with van der Waals surface area (Å²) >= 11 is 6.99. The first-order valence-electron chi connectivity index (χ1n) is 14.6. The summed E-state index contributed by atoms with van der Waals surface area (Å²) < 4.78 is 0. The number of hydrogen-bond donors (Lipinski definition) is 5. The third-order valence-corrected chi connectivity index (χ3v) is 9.76. The van der Waals surface area contributed by atoms with Gasteiger partial charge in [0.25, 0.3) is 5.91 Å². The second kappa shape index (κ2) is 10.9. The normalized spacial score (nSPS) is 26.2. The molecule has 1 aromatic rings. The van der Waals surface area contributed by atoms with Crippen molar-refractivity contribution in [3.63, 3.8) is 0 Å². The molecule has 11 heteroatoms. The first-order valence-corrected chi connectivity index (χ1v) is 15.0. The summed E-state index contributed by atoms with van der Waals surface area (Å²) in [4.78, 5) is 43.2. The number of fused-ring (bicyclic) bond motifs is 3. The number of rotatable bonds is 7. The molecule has 4 rings (SSSR count). The molecular formula is C32H44ClN3O7. The van der Waals surface area contributed by atoms with E-state index in [4.69, 9.17) is 17.3 Å². The fourth-order valence-corrected chi connectivity index (χ4v) is 8.12. The fraction of sp³-hybridized carbons (Fsp3) is 0.594. The Kier molecular flexibility index (Phi) is 8.37. The maximum Gasteiger partial charge on any atom is 0.255 e. The Morgan fingerprint density at radius 3 is 2.26 bits per heavy atom. The van der Waals surface area contributed by atoms with Crippen LogP contribution < -0.4 is 5.73 Å². The number of primary amides is 1. The summed E-state index contributed by atoms with van der Waals surface area (Å²) in [6.07, 6.45) is 1.06. The number of hydrogen-bond acceptors (Lipinski definition) is 9. The minimum Gasteiger partial charge on any atom is -0.508 e. The highest BCUT2D eigenvalue weighted by Crippen LogP contribution is 2.53. The van der Waals surface area contributed by atoms with E-state index in [0.717, 1.165) is 13.0 Å². The predicted octanol–water partition coefficient (Wildman–Crippen LogP) is 3.65. The second-order valence-electron chi connectivity index (χ2n) is 14.2. The van der Waals surface area contributed by atoms with E-state index in [9.17, 15) is 34.8 Å². The molecule has 0 aliphatic heterocycles. The minimum atomic E-state index is -2.68. The van der Waals surface area contributed by atoms with Crippen molar-refractivity contribution in [2.45, 2.75) is 84.5 Å². The number of Topliss-reactive ketones (excluding diaryl/α,β-unsaturated/α-hetero) is 2. The van der Waals surface area contributed by atoms with Crippen molar-refractivity contribution in [2.75, 3.05) is 20.6 Å². The fourth-order valence-electron chi connectivity index (χ4n) is 7.83. The van der Waals surface area contributed by atoms with E-state index in [-0.39, 0.29) is 40.7 Å². The molecule has 1 aromatic carbocycles. The Bertz CT molecular complexity index is 1460. The van der Waals surface area contributed by atoms with Gasteiger partial charge in [-0.15, -0.1) is 0 Å². The van der Waals surface area contributed by atoms with Crippen LogP contribution in [-0.4, -0.2) is 85.5 Å². The standard InChI is InChI=1S/C32H44ClN3O7/c1-9-36(31(5,6)14-30(2,3)4)13-16-12-19(37)21-17(23(16)33)10-15-11-18-24(35(7)8)26(39)22(29(34)42)28(41)32(18,43)27(40)20(15)25(21)38/h12,15,18,24,37-38,41,43H,9-11,13-14H2,1-8H3,(H2,34,42)/t15-,18-,24-,32-/m0/s1. The van der Waals surface area contributed by atoms with Gasteiger partial charge in [-0.1, -0.05) is 39.3 Å². The molecule has 0 spiro atoms. The zero-order valence-electron chi connectivity index (χ0n) is 26.2. The summed E-state index contributed by atoms with van der Waals surface area (Å²) in [6, 6.07) is 0.346. The number of aliphatic hydroxyl groups excluding tert-OH is 2. The van der Waals surface area contributed by atoms with Gasteiger partial charge in [0.1, 0.15) is 22.8 Å². The summed E-state index contributed by atoms with van der Waals surface area (Å²) in [6.45, 7) is 14.1. The van der Waals surface area contributed by atoms with Gasteiger partial charge in [0.15, 0.2) is 11.4 Å². The van der Waals surface area contributed by atoms with Crippen molar-refractivity contribution in [3.8, 4) is 5.75 Å². The number of carbonyl (C=O) groups is 3. The number of phenolic OH excluding ortho intramolecular Hbond substituents is 1. The van der Waals surface area contributed by atoms with Crippen LogP contribution in [0.25, 0.3) is 5.76 Å². The molecule has 0 unspecified atom stereocenters. The molecule has 6 N–H and O–H groups in total. The number of ketones is 2. The molecule has 0 radical (unpaired) electrons. The van der Waals surface area contributed by atoms with Gasteiger partial charge in [0, 0.05) is 28.6 Å². The summed E-state index contributed by atoms with van der Waals surface area (Å²) in [7, 11) is 3.13. The van der Waals surface area contributed by atoms with Crippen molar-refractivity contribution in [3.05, 3.63) is 44.7 Å². The lowest BCUT2D eigenvalue weighted by Crippen LogP contribution is -2.65. The van der Waals surface area contributed by atoms with Crippen LogP contribution in [0, 0.1) is 17.3 Å². The van der Waals surface area contributed by atoms with Crippen molar-refractivity contribution in [2.24, 2.45) is 23.0 Å². The SMILES string of the molecule is CCN(Cc1cc(O)c2c(c1Cl)C[C@H]1C[C@H]3[C@H](N(C)C)C(=O)C(C(N)=O)=C(O)[C@@]3(O)C(=O)C1=C2O)C(C)(C)CC(C)(C)C. The molecule has 3 aliphatic carbocycles. The first kappa shape index (κ1) is 33.0. The van der Waals surface area contributed by atoms with Gasteiger partial charge < -0.3 is 26.2 Å². The van der Waals surface area contributed by atoms with Crippen molar-refractivity contribution >= 4 is 34.8 Å². The molecule has 0 bridgehead atoms. The minimum absolute atomic E-state index is 0.00673. The molecule has 10 nitrogen and oxygen atoms in total. The molecule has 43 heavy (non-hydrogen) atoms. The van der Waals surface area contributed by atoms with Crippen LogP contribution in [0.15, 0.2) is 23.0 Å². The number of nitrogens with two attached hydrogens (primary N) is 1. The van der Waals surface area contributed by atoms with E-state index in [2.05, 4.69) is 46.4 Å². The maximum atomic E-state index is 14.0. The Morgan fingerprint density at radius 2 is 1.74 bits per heavy atom. The smallest absolute Gasteiger partial charge is 0.255 e. The highest BCUT2D eigenvalue weighted by molar-refractivity contribution is 6.32. The third kappa shape index (κ3) is 5.26. The molecule has 1 fully saturated rings. The highest BCUT2D eigenvalue weighted by Gasteiger charge is 2.64. The number of benzene rings is 1. The van der Waals surface area contributed by atoms with E-state index in [1.165, 1.54) is 11.0 Å². The van der Waals surface area contributed by atoms with Gasteiger partial charge in [-0.05, 0) is 82.3 Å². The summed E-state index contributed by atoms with van der Waals surface area (Å²) in [5.41, 5.74) is 2.67. The number of phenols is 1. The topological polar surface area (TPSA) is 165 Å². The maximum absolute atomic E-state index is 14.0. The molecule has 236 valence electrons. The van der Waals surface area contributed by atoms with Gasteiger partial charge in [0.2, 0.25) is 5.78 Å². The second-order valence-corrected chi connectivity index (χ2v) is 14.6. The summed E-state index contributed by atoms with van der Waals surface area (Å²) in [5.74, 6) is -6.87. The number of aromatic hydroxyl groups is 1. The van der Waals surface area contributed by atoms with Crippen molar-refractivity contribution < 1.29 is 34.8 Å². The lowest BCUT2D eigenvalue weighted by atomic mass is 9.57. The number of halogens is 1. The number of likely N-dealkylation sites (N-methyl/N-ethyl adjacent to an activating group) is 1. The van der Waals surface area contributed by atoms with E-state index in [1.54, 1.807) is 14.1 Å². The van der Waals surface area contributed by atoms with E-state index >= 15 is 0 Å². The zero-order valence-corrected chi connectivity index (χ0v) is 27.0. The largest absolute Gasteiger partial charge is 0.508 e. The molecular weight excluding hydrogens is 574 g/mol. The van der Waals surface area contributed by atoms with Crippen LogP contribution in [0.4, 0.5) is 0 Å². The molecule has 0 heterocycles. The van der Waals surface area contributed by atoms with E-state index in [0.29, 0.717) is 22.7 Å². The molecule has 0 saturated heterocycles. The average molecular weight is 618 g/mol. The third-order valence-electron chi connectivity index (χ3n) is 9.29. The van der Waals surface area contributed by atoms with Crippen molar-refractivity contribution in [1.82, 2.24) is 9.80 Å². The van der Waals surface area contributed by atoms with Crippen LogP contribution in [0.3, 0.4) is 0 Å². The molecule has 4 atom stereocenters. The Balaban J connectivity index is 1.84. The van der Waals surface area contributed by atoms with Gasteiger partial charge in [0.05, 0.1) is 11.6 Å². The van der Waals surface area contributed by atoms with E-state index < -0.39 is 58.0 Å². The average Bonchev–Trinajstić information content (AvgIpc) is 2.85. The first-order chi connectivity index (χ1) is 19.7. The van der Waals surface area contributed by atoms with Crippen LogP contribution in [0.2, 0.25) is 5.02 Å². The molecule has 1 amide bonds. The highest BCUT2D eigenvalue weighted by atomic mass is 35.5. The monoisotopic (exact) mass is 617 g/mol. The zero-order chi connectivity index (χ0) is 32.6. The number of amides is 1. The quantitative estimate of drug-likeness (QED) is 0.287. The molecule has 0 aromatic heterocycles. The van der Waals surface area contributed by atoms with Crippen LogP contribution in [-0.2, 0) is 27.3 Å². The summed E-state index contributed by atoms with van der Waals surface area (Å²) in [5, 5.41) is 45.7. The van der Waals surface area contributed by atoms with Gasteiger partial charge in [-0.25, -0.2) is 0 Å². The van der Waals surface area contributed by atoms with Gasteiger partial charge in [-0.2, -0.15) is 0 Å².